The lowest BCUT2D eigenvalue weighted by Gasteiger charge is -2.15. The van der Waals surface area contributed by atoms with Gasteiger partial charge in [0.1, 0.15) is 11.6 Å². The third-order valence-electron chi connectivity index (χ3n) is 3.76. The second kappa shape index (κ2) is 6.17. The summed E-state index contributed by atoms with van der Waals surface area (Å²) in [6, 6.07) is 0. The number of aromatic nitrogens is 5. The summed E-state index contributed by atoms with van der Waals surface area (Å²) in [5, 5.41) is 12.1. The highest BCUT2D eigenvalue weighted by molar-refractivity contribution is 5.02. The molecule has 0 radical (unpaired) electrons. The molecule has 1 aliphatic rings. The number of fused-ring (bicyclic) bond motifs is 1. The number of hydrogen-bond donors (Lipinski definition) is 1. The van der Waals surface area contributed by atoms with Gasteiger partial charge in [-0.25, -0.2) is 4.98 Å². The molecule has 3 rings (SSSR count). The van der Waals surface area contributed by atoms with Gasteiger partial charge >= 0.3 is 0 Å². The fourth-order valence-electron chi connectivity index (χ4n) is 2.67. The third-order valence-corrected chi connectivity index (χ3v) is 3.76. The minimum absolute atomic E-state index is 0.760. The van der Waals surface area contributed by atoms with E-state index in [0.717, 1.165) is 56.5 Å². The van der Waals surface area contributed by atoms with Gasteiger partial charge in [0, 0.05) is 25.4 Å². The van der Waals surface area contributed by atoms with Crippen LogP contribution in [0.25, 0.3) is 0 Å². The molecule has 0 atom stereocenters. The summed E-state index contributed by atoms with van der Waals surface area (Å²) < 4.78 is 4.43. The van der Waals surface area contributed by atoms with Crippen LogP contribution in [0.1, 0.15) is 43.7 Å². The zero-order chi connectivity index (χ0) is 13.8. The lowest BCUT2D eigenvalue weighted by Crippen LogP contribution is -2.19. The van der Waals surface area contributed by atoms with E-state index in [1.54, 1.807) is 0 Å². The van der Waals surface area contributed by atoms with Gasteiger partial charge in [-0.05, 0) is 25.8 Å². The third kappa shape index (κ3) is 2.75. The number of hydrogen-bond acceptors (Lipinski definition) is 4. The number of nitrogens with one attached hydrogen (secondary N) is 1. The zero-order valence-electron chi connectivity index (χ0n) is 12.0. The molecule has 1 aliphatic heterocycles. The average Bonchev–Trinajstić information content (AvgIpc) is 3.08. The van der Waals surface area contributed by atoms with Crippen LogP contribution >= 0.6 is 0 Å². The van der Waals surface area contributed by atoms with E-state index in [0.29, 0.717) is 0 Å². The van der Waals surface area contributed by atoms with Gasteiger partial charge in [0.15, 0.2) is 5.82 Å². The Bertz CT molecular complexity index is 556. The highest BCUT2D eigenvalue weighted by atomic mass is 15.3. The van der Waals surface area contributed by atoms with Gasteiger partial charge in [-0.1, -0.05) is 6.92 Å². The molecule has 6 nitrogen and oxygen atoms in total. The van der Waals surface area contributed by atoms with Crippen LogP contribution < -0.4 is 5.32 Å². The molecule has 0 bridgehead atoms. The smallest absolute Gasteiger partial charge is 0.153 e. The minimum atomic E-state index is 0.760. The van der Waals surface area contributed by atoms with E-state index in [-0.39, 0.29) is 0 Å². The molecule has 0 saturated heterocycles. The Labute approximate surface area is 119 Å². The van der Waals surface area contributed by atoms with Gasteiger partial charge < -0.3 is 14.5 Å². The molecule has 0 aromatic carbocycles. The second-order valence-corrected chi connectivity index (χ2v) is 5.29. The van der Waals surface area contributed by atoms with Gasteiger partial charge in [0.25, 0.3) is 0 Å². The minimum Gasteiger partial charge on any atom is -0.326 e. The van der Waals surface area contributed by atoms with Crippen molar-refractivity contribution in [3.8, 4) is 0 Å². The van der Waals surface area contributed by atoms with Crippen molar-refractivity contribution in [3.63, 3.8) is 0 Å². The topological polar surface area (TPSA) is 60.6 Å². The fraction of sp³-hybridized carbons (Fsp3) is 0.643. The average molecular weight is 274 g/mol. The van der Waals surface area contributed by atoms with Crippen molar-refractivity contribution in [1.82, 2.24) is 29.6 Å². The van der Waals surface area contributed by atoms with E-state index in [1.807, 2.05) is 12.4 Å². The molecule has 0 saturated carbocycles. The van der Waals surface area contributed by atoms with Gasteiger partial charge in [0.05, 0.1) is 13.1 Å². The van der Waals surface area contributed by atoms with Crippen LogP contribution in [0.4, 0.5) is 0 Å². The first-order chi connectivity index (χ1) is 9.88. The number of aryl methyl sites for hydroxylation is 1. The summed E-state index contributed by atoms with van der Waals surface area (Å²) in [6.07, 6.45) is 8.53. The second-order valence-electron chi connectivity index (χ2n) is 5.29. The van der Waals surface area contributed by atoms with Crippen molar-refractivity contribution in [2.45, 2.75) is 52.2 Å². The Morgan fingerprint density at radius 3 is 3.10 bits per heavy atom. The van der Waals surface area contributed by atoms with Crippen molar-refractivity contribution in [2.24, 2.45) is 0 Å². The molecule has 0 amide bonds. The van der Waals surface area contributed by atoms with E-state index in [1.165, 1.54) is 12.8 Å². The summed E-state index contributed by atoms with van der Waals surface area (Å²) in [4.78, 5) is 4.42. The number of nitrogens with zero attached hydrogens (tertiary/aromatic N) is 5. The standard InChI is InChI=1S/C14H22N6/c1-2-6-15-10-13-16-7-9-19(13)11-14-18-17-12-5-3-4-8-20(12)14/h7,9,15H,2-6,8,10-11H2,1H3. The van der Waals surface area contributed by atoms with Gasteiger partial charge in [0.2, 0.25) is 0 Å². The maximum atomic E-state index is 4.42. The predicted molar refractivity (Wildman–Crippen MR) is 76.3 cm³/mol. The first kappa shape index (κ1) is 13.3. The summed E-state index contributed by atoms with van der Waals surface area (Å²) in [5.41, 5.74) is 0. The molecule has 2 aromatic heterocycles. The monoisotopic (exact) mass is 274 g/mol. The molecule has 0 aliphatic carbocycles. The van der Waals surface area contributed by atoms with Crippen LogP contribution in [0, 0.1) is 0 Å². The predicted octanol–water partition coefficient (Wildman–Crippen LogP) is 1.36. The van der Waals surface area contributed by atoms with Gasteiger partial charge in [-0.2, -0.15) is 0 Å². The Hall–Kier alpha value is -1.69. The van der Waals surface area contributed by atoms with Crippen LogP contribution in [0.15, 0.2) is 12.4 Å². The van der Waals surface area contributed by atoms with E-state index in [9.17, 15) is 0 Å². The first-order valence-corrected chi connectivity index (χ1v) is 7.50. The van der Waals surface area contributed by atoms with Crippen LogP contribution in [-0.4, -0.2) is 30.9 Å². The molecule has 0 unspecified atom stereocenters. The van der Waals surface area contributed by atoms with E-state index >= 15 is 0 Å². The highest BCUT2D eigenvalue weighted by Gasteiger charge is 2.16. The fourth-order valence-corrected chi connectivity index (χ4v) is 2.67. The van der Waals surface area contributed by atoms with Crippen LogP contribution in [0.2, 0.25) is 0 Å². The molecule has 20 heavy (non-hydrogen) atoms. The molecule has 108 valence electrons. The summed E-state index contributed by atoms with van der Waals surface area (Å²) in [5.74, 6) is 3.25. The lowest BCUT2D eigenvalue weighted by molar-refractivity contribution is 0.498. The maximum absolute atomic E-state index is 4.42. The van der Waals surface area contributed by atoms with Gasteiger partial charge in [-0.3, -0.25) is 0 Å². The quantitative estimate of drug-likeness (QED) is 0.808. The normalized spacial score (nSPS) is 14.4. The van der Waals surface area contributed by atoms with Crippen molar-refractivity contribution in [2.75, 3.05) is 6.54 Å². The zero-order valence-corrected chi connectivity index (χ0v) is 12.0. The molecular formula is C14H22N6. The van der Waals surface area contributed by atoms with Crippen LogP contribution in [0.5, 0.6) is 0 Å². The van der Waals surface area contributed by atoms with E-state index in [4.69, 9.17) is 0 Å². The number of imidazole rings is 1. The largest absolute Gasteiger partial charge is 0.326 e. The summed E-state index contributed by atoms with van der Waals surface area (Å²) >= 11 is 0. The lowest BCUT2D eigenvalue weighted by atomic mass is 10.2. The molecule has 0 spiro atoms. The summed E-state index contributed by atoms with van der Waals surface area (Å²) in [6.45, 7) is 5.81. The molecular weight excluding hydrogens is 252 g/mol. The SMILES string of the molecule is CCCNCc1nccn1Cc1nnc2n1CCCC2. The highest BCUT2D eigenvalue weighted by Crippen LogP contribution is 2.15. The Kier molecular flexibility index (Phi) is 4.11. The summed E-state index contributed by atoms with van der Waals surface area (Å²) in [7, 11) is 0. The molecule has 6 heteroatoms. The van der Waals surface area contributed by atoms with E-state index in [2.05, 4.69) is 36.6 Å². The Balaban J connectivity index is 1.71. The van der Waals surface area contributed by atoms with Crippen LogP contribution in [0.3, 0.4) is 0 Å². The van der Waals surface area contributed by atoms with Crippen molar-refractivity contribution in [3.05, 3.63) is 29.9 Å². The van der Waals surface area contributed by atoms with Crippen LogP contribution in [-0.2, 0) is 26.1 Å². The van der Waals surface area contributed by atoms with Crippen molar-refractivity contribution in [1.29, 1.82) is 0 Å². The van der Waals surface area contributed by atoms with Crippen molar-refractivity contribution < 1.29 is 0 Å². The molecule has 0 fully saturated rings. The van der Waals surface area contributed by atoms with Crippen molar-refractivity contribution >= 4 is 0 Å². The molecule has 3 heterocycles. The molecule has 1 N–H and O–H groups in total. The van der Waals surface area contributed by atoms with E-state index < -0.39 is 0 Å². The first-order valence-electron chi connectivity index (χ1n) is 7.50. The Morgan fingerprint density at radius 1 is 1.25 bits per heavy atom. The molecule has 2 aromatic rings. The Morgan fingerprint density at radius 2 is 2.20 bits per heavy atom. The number of rotatable bonds is 6. The maximum Gasteiger partial charge on any atom is 0.153 e. The van der Waals surface area contributed by atoms with Gasteiger partial charge in [-0.15, -0.1) is 10.2 Å².